The first kappa shape index (κ1) is 9.73. The van der Waals surface area contributed by atoms with Crippen LogP contribution < -0.4 is 5.73 Å². The van der Waals surface area contributed by atoms with Crippen LogP contribution in [0.15, 0.2) is 28.9 Å². The molecule has 1 aliphatic heterocycles. The van der Waals surface area contributed by atoms with Gasteiger partial charge >= 0.3 is 0 Å². The highest BCUT2D eigenvalue weighted by Crippen LogP contribution is 2.25. The molecule has 1 saturated heterocycles. The summed E-state index contributed by atoms with van der Waals surface area (Å²) in [5, 5.41) is 1.16. The molecule has 0 unspecified atom stereocenters. The van der Waals surface area contributed by atoms with Crippen molar-refractivity contribution in [2.75, 3.05) is 18.8 Å². The highest BCUT2D eigenvalue weighted by atomic mass is 16.3. The minimum Gasteiger partial charge on any atom is -0.464 e. The van der Waals surface area contributed by atoms with E-state index >= 15 is 0 Å². The number of nitrogens with zero attached hydrogens (tertiary/aromatic N) is 1. The van der Waals surface area contributed by atoms with E-state index in [4.69, 9.17) is 10.2 Å². The van der Waals surface area contributed by atoms with E-state index in [0.29, 0.717) is 0 Å². The molecule has 1 aliphatic rings. The first-order chi connectivity index (χ1) is 7.83. The molecule has 0 spiro atoms. The molecule has 3 heteroatoms. The molecule has 0 saturated carbocycles. The number of furan rings is 1. The van der Waals surface area contributed by atoms with Crippen molar-refractivity contribution in [1.82, 2.24) is 4.90 Å². The highest BCUT2D eigenvalue weighted by molar-refractivity contribution is 5.84. The van der Waals surface area contributed by atoms with Gasteiger partial charge in [0.2, 0.25) is 0 Å². The maximum Gasteiger partial charge on any atom is 0.134 e. The number of nitrogens with two attached hydrogens (primary N) is 1. The summed E-state index contributed by atoms with van der Waals surface area (Å²) in [5.74, 6) is 0. The van der Waals surface area contributed by atoms with Crippen molar-refractivity contribution in [3.63, 3.8) is 0 Å². The van der Waals surface area contributed by atoms with E-state index in [2.05, 4.69) is 4.90 Å². The van der Waals surface area contributed by atoms with Gasteiger partial charge in [-0.05, 0) is 44.1 Å². The summed E-state index contributed by atoms with van der Waals surface area (Å²) in [5.41, 5.74) is 8.79. The topological polar surface area (TPSA) is 42.4 Å². The highest BCUT2D eigenvalue weighted by Gasteiger charge is 2.14. The lowest BCUT2D eigenvalue weighted by Crippen LogP contribution is -2.17. The van der Waals surface area contributed by atoms with E-state index in [1.54, 1.807) is 0 Å². The van der Waals surface area contributed by atoms with Crippen molar-refractivity contribution < 1.29 is 4.42 Å². The van der Waals surface area contributed by atoms with Crippen LogP contribution in [0.3, 0.4) is 0 Å². The lowest BCUT2D eigenvalue weighted by Gasteiger charge is -2.12. The Bertz CT molecular complexity index is 498. The van der Waals surface area contributed by atoms with Gasteiger partial charge in [-0.3, -0.25) is 4.90 Å². The Labute approximate surface area is 94.8 Å². The minimum absolute atomic E-state index is 0.802. The number of rotatable bonds is 2. The minimum atomic E-state index is 0.802. The van der Waals surface area contributed by atoms with Crippen LogP contribution in [0.1, 0.15) is 18.4 Å². The van der Waals surface area contributed by atoms with E-state index in [0.717, 1.165) is 23.2 Å². The Balaban J connectivity index is 1.93. The summed E-state index contributed by atoms with van der Waals surface area (Å²) in [7, 11) is 0. The van der Waals surface area contributed by atoms with Gasteiger partial charge in [0.1, 0.15) is 5.58 Å². The smallest absolute Gasteiger partial charge is 0.134 e. The van der Waals surface area contributed by atoms with Crippen molar-refractivity contribution in [3.05, 3.63) is 30.0 Å². The molecule has 2 heterocycles. The first-order valence-electron chi connectivity index (χ1n) is 5.81. The fourth-order valence-electron chi connectivity index (χ4n) is 2.40. The molecule has 0 atom stereocenters. The lowest BCUT2D eigenvalue weighted by atomic mass is 10.1. The summed E-state index contributed by atoms with van der Waals surface area (Å²) in [6, 6.07) is 5.83. The Morgan fingerprint density at radius 3 is 2.88 bits per heavy atom. The summed E-state index contributed by atoms with van der Waals surface area (Å²) < 4.78 is 5.53. The van der Waals surface area contributed by atoms with Gasteiger partial charge < -0.3 is 10.2 Å². The fourth-order valence-corrected chi connectivity index (χ4v) is 2.40. The van der Waals surface area contributed by atoms with Crippen LogP contribution in [0.4, 0.5) is 5.69 Å². The number of hydrogen-bond donors (Lipinski definition) is 1. The van der Waals surface area contributed by atoms with Crippen LogP contribution in [-0.2, 0) is 6.54 Å². The van der Waals surface area contributed by atoms with Gasteiger partial charge in [0, 0.05) is 23.2 Å². The molecule has 2 aromatic rings. The zero-order valence-corrected chi connectivity index (χ0v) is 9.28. The number of hydrogen-bond acceptors (Lipinski definition) is 3. The van der Waals surface area contributed by atoms with Crippen molar-refractivity contribution in [1.29, 1.82) is 0 Å². The number of fused-ring (bicyclic) bond motifs is 1. The predicted molar refractivity (Wildman–Crippen MR) is 65.1 cm³/mol. The average Bonchev–Trinajstić information content (AvgIpc) is 2.90. The average molecular weight is 216 g/mol. The van der Waals surface area contributed by atoms with E-state index in [-0.39, 0.29) is 0 Å². The third kappa shape index (κ3) is 1.67. The summed E-state index contributed by atoms with van der Waals surface area (Å²) in [6.45, 7) is 3.39. The number of nitrogen functional groups attached to an aromatic ring is 1. The second kappa shape index (κ2) is 3.83. The Hall–Kier alpha value is -1.48. The first-order valence-corrected chi connectivity index (χ1v) is 5.81. The normalized spacial score (nSPS) is 17.2. The molecule has 16 heavy (non-hydrogen) atoms. The van der Waals surface area contributed by atoms with Crippen LogP contribution in [-0.4, -0.2) is 18.0 Å². The second-order valence-electron chi connectivity index (χ2n) is 4.50. The zero-order valence-electron chi connectivity index (χ0n) is 9.28. The monoisotopic (exact) mass is 216 g/mol. The Kier molecular flexibility index (Phi) is 2.33. The molecule has 0 bridgehead atoms. The number of benzene rings is 1. The molecule has 1 aromatic carbocycles. The van der Waals surface area contributed by atoms with E-state index in [9.17, 15) is 0 Å². The lowest BCUT2D eigenvalue weighted by molar-refractivity contribution is 0.331. The van der Waals surface area contributed by atoms with Gasteiger partial charge in [-0.25, -0.2) is 0 Å². The summed E-state index contributed by atoms with van der Waals surface area (Å²) in [6.07, 6.45) is 4.50. The molecule has 3 rings (SSSR count). The standard InChI is InChI=1S/C13H16N2O/c14-11-3-4-13-12(7-11)10(9-16-13)8-15-5-1-2-6-15/h3-4,7,9H,1-2,5-6,8,14H2. The quantitative estimate of drug-likeness (QED) is 0.785. The van der Waals surface area contributed by atoms with Crippen molar-refractivity contribution in [2.24, 2.45) is 0 Å². The third-order valence-corrected chi connectivity index (χ3v) is 3.27. The summed E-state index contributed by atoms with van der Waals surface area (Å²) >= 11 is 0. The Morgan fingerprint density at radius 1 is 1.25 bits per heavy atom. The molecule has 0 aliphatic carbocycles. The van der Waals surface area contributed by atoms with Gasteiger partial charge in [-0.15, -0.1) is 0 Å². The van der Waals surface area contributed by atoms with Crippen molar-refractivity contribution >= 4 is 16.7 Å². The van der Waals surface area contributed by atoms with Gasteiger partial charge in [0.05, 0.1) is 6.26 Å². The van der Waals surface area contributed by atoms with Gasteiger partial charge in [-0.1, -0.05) is 0 Å². The van der Waals surface area contributed by atoms with Gasteiger partial charge in [0.25, 0.3) is 0 Å². The third-order valence-electron chi connectivity index (χ3n) is 3.27. The number of anilines is 1. The fraction of sp³-hybridized carbons (Fsp3) is 0.385. The molecular weight excluding hydrogens is 200 g/mol. The van der Waals surface area contributed by atoms with Gasteiger partial charge in [0.15, 0.2) is 0 Å². The molecule has 3 nitrogen and oxygen atoms in total. The molecule has 0 amide bonds. The van der Waals surface area contributed by atoms with Crippen LogP contribution in [0.5, 0.6) is 0 Å². The maximum absolute atomic E-state index is 5.80. The molecule has 2 N–H and O–H groups in total. The predicted octanol–water partition coefficient (Wildman–Crippen LogP) is 2.61. The molecule has 0 radical (unpaired) electrons. The number of likely N-dealkylation sites (tertiary alicyclic amines) is 1. The largest absolute Gasteiger partial charge is 0.464 e. The van der Waals surface area contributed by atoms with Gasteiger partial charge in [-0.2, -0.15) is 0 Å². The Morgan fingerprint density at radius 2 is 2.06 bits per heavy atom. The molecule has 1 aromatic heterocycles. The van der Waals surface area contributed by atoms with E-state index < -0.39 is 0 Å². The van der Waals surface area contributed by atoms with E-state index in [1.165, 1.54) is 31.5 Å². The zero-order chi connectivity index (χ0) is 11.0. The van der Waals surface area contributed by atoms with Crippen LogP contribution in [0.2, 0.25) is 0 Å². The van der Waals surface area contributed by atoms with Crippen LogP contribution >= 0.6 is 0 Å². The summed E-state index contributed by atoms with van der Waals surface area (Å²) in [4.78, 5) is 2.47. The second-order valence-corrected chi connectivity index (χ2v) is 4.50. The van der Waals surface area contributed by atoms with Crippen molar-refractivity contribution in [3.8, 4) is 0 Å². The van der Waals surface area contributed by atoms with Crippen molar-refractivity contribution in [2.45, 2.75) is 19.4 Å². The maximum atomic E-state index is 5.80. The van der Waals surface area contributed by atoms with E-state index in [1.807, 2.05) is 24.5 Å². The molecule has 84 valence electrons. The SMILES string of the molecule is Nc1ccc2occ(CN3CCCC3)c2c1. The van der Waals surface area contributed by atoms with Crippen LogP contribution in [0.25, 0.3) is 11.0 Å². The van der Waals surface area contributed by atoms with Crippen LogP contribution in [0, 0.1) is 0 Å². The molecule has 1 fully saturated rings. The molecular formula is C13H16N2O.